The number of carboxylic acid groups (broad SMARTS) is 1. The largest absolute Gasteiger partial charge is 0.478 e. The number of carboxylic acids is 1. The lowest BCUT2D eigenvalue weighted by Gasteiger charge is -2.36. The zero-order chi connectivity index (χ0) is 16.0. The first-order valence-electron chi connectivity index (χ1n) is 7.19. The number of aliphatic carboxylic acids is 1. The predicted molar refractivity (Wildman–Crippen MR) is 78.2 cm³/mol. The Morgan fingerprint density at radius 2 is 2.00 bits per heavy atom. The van der Waals surface area contributed by atoms with E-state index >= 15 is 0 Å². The fraction of sp³-hybridized carbons (Fsp3) is 0.733. The monoisotopic (exact) mass is 299 g/mol. The van der Waals surface area contributed by atoms with E-state index in [1.54, 1.807) is 4.90 Å². The molecule has 1 saturated heterocycles. The van der Waals surface area contributed by atoms with Gasteiger partial charge in [0.2, 0.25) is 0 Å². The van der Waals surface area contributed by atoms with Crippen molar-refractivity contribution in [1.82, 2.24) is 4.90 Å². The summed E-state index contributed by atoms with van der Waals surface area (Å²) in [4.78, 5) is 24.5. The van der Waals surface area contributed by atoms with Crippen molar-refractivity contribution in [3.8, 4) is 0 Å². The van der Waals surface area contributed by atoms with Crippen molar-refractivity contribution in [2.24, 2.45) is 0 Å². The zero-order valence-electron chi connectivity index (χ0n) is 13.1. The van der Waals surface area contributed by atoms with Gasteiger partial charge in [0.1, 0.15) is 5.60 Å². The van der Waals surface area contributed by atoms with Crippen LogP contribution in [0.2, 0.25) is 0 Å². The van der Waals surface area contributed by atoms with Crippen LogP contribution >= 0.6 is 0 Å². The van der Waals surface area contributed by atoms with Gasteiger partial charge in [-0.3, -0.25) is 0 Å². The first kappa shape index (κ1) is 17.5. The van der Waals surface area contributed by atoms with Gasteiger partial charge in [-0.05, 0) is 40.0 Å². The summed E-state index contributed by atoms with van der Waals surface area (Å²) in [6, 6.07) is -0.0739. The second-order valence-corrected chi connectivity index (χ2v) is 6.25. The van der Waals surface area contributed by atoms with Crippen molar-refractivity contribution in [2.75, 3.05) is 19.8 Å². The molecule has 0 bridgehead atoms. The predicted octanol–water partition coefficient (Wildman–Crippen LogP) is 2.43. The molecule has 1 rings (SSSR count). The average molecular weight is 299 g/mol. The normalized spacial score (nSPS) is 19.2. The van der Waals surface area contributed by atoms with E-state index in [0.717, 1.165) is 19.3 Å². The van der Waals surface area contributed by atoms with E-state index in [2.05, 4.69) is 6.58 Å². The van der Waals surface area contributed by atoms with Gasteiger partial charge >= 0.3 is 12.1 Å². The molecule has 1 aliphatic heterocycles. The Kier molecular flexibility index (Phi) is 6.20. The highest BCUT2D eigenvalue weighted by Gasteiger charge is 2.30. The number of likely N-dealkylation sites (tertiary alicyclic amines) is 1. The topological polar surface area (TPSA) is 76.1 Å². The highest BCUT2D eigenvalue weighted by Crippen LogP contribution is 2.20. The van der Waals surface area contributed by atoms with Gasteiger partial charge in [0, 0.05) is 6.54 Å². The van der Waals surface area contributed by atoms with Crippen molar-refractivity contribution < 1.29 is 24.2 Å². The molecule has 0 aromatic rings. The maximum Gasteiger partial charge on any atom is 0.410 e. The second kappa shape index (κ2) is 7.45. The second-order valence-electron chi connectivity index (χ2n) is 6.25. The van der Waals surface area contributed by atoms with Crippen molar-refractivity contribution in [3.05, 3.63) is 12.2 Å². The fourth-order valence-electron chi connectivity index (χ4n) is 2.11. The molecule has 0 radical (unpaired) electrons. The Morgan fingerprint density at radius 1 is 1.33 bits per heavy atom. The highest BCUT2D eigenvalue weighted by molar-refractivity contribution is 5.85. The Balaban J connectivity index is 2.51. The molecular formula is C15H25NO5. The summed E-state index contributed by atoms with van der Waals surface area (Å²) in [6.45, 7) is 9.81. The third kappa shape index (κ3) is 6.16. The molecule has 21 heavy (non-hydrogen) atoms. The van der Waals surface area contributed by atoms with Crippen LogP contribution in [0.3, 0.4) is 0 Å². The molecule has 0 aliphatic carbocycles. The van der Waals surface area contributed by atoms with E-state index in [9.17, 15) is 9.59 Å². The molecule has 0 spiro atoms. The summed E-state index contributed by atoms with van der Waals surface area (Å²) < 4.78 is 10.8. The molecule has 1 fully saturated rings. The lowest BCUT2D eigenvalue weighted by Crippen LogP contribution is -2.48. The zero-order valence-corrected chi connectivity index (χ0v) is 13.1. The third-order valence-electron chi connectivity index (χ3n) is 3.14. The van der Waals surface area contributed by atoms with Gasteiger partial charge in [-0.15, -0.1) is 0 Å². The molecule has 1 N–H and O–H groups in total. The number of piperidine rings is 1. The van der Waals surface area contributed by atoms with Crippen LogP contribution in [-0.2, 0) is 14.3 Å². The van der Waals surface area contributed by atoms with Crippen molar-refractivity contribution in [1.29, 1.82) is 0 Å². The summed E-state index contributed by atoms with van der Waals surface area (Å²) in [7, 11) is 0. The Hall–Kier alpha value is -1.56. The number of amides is 1. The van der Waals surface area contributed by atoms with Crippen molar-refractivity contribution in [2.45, 2.75) is 51.7 Å². The molecule has 6 nitrogen and oxygen atoms in total. The van der Waals surface area contributed by atoms with E-state index < -0.39 is 11.6 Å². The highest BCUT2D eigenvalue weighted by atomic mass is 16.6. The molecule has 6 heteroatoms. The van der Waals surface area contributed by atoms with Crippen LogP contribution in [0.25, 0.3) is 0 Å². The minimum Gasteiger partial charge on any atom is -0.478 e. The van der Waals surface area contributed by atoms with Gasteiger partial charge in [0.05, 0.1) is 24.8 Å². The maximum absolute atomic E-state index is 12.2. The summed E-state index contributed by atoms with van der Waals surface area (Å²) in [5, 5.41) is 8.72. The molecule has 1 heterocycles. The van der Waals surface area contributed by atoms with Gasteiger partial charge in [-0.25, -0.2) is 9.59 Å². The molecule has 0 aromatic heterocycles. The van der Waals surface area contributed by atoms with E-state index in [0.29, 0.717) is 13.2 Å². The maximum atomic E-state index is 12.2. The Bertz CT molecular complexity index is 399. The smallest absolute Gasteiger partial charge is 0.410 e. The number of carbonyl (C=O) groups is 2. The van der Waals surface area contributed by atoms with Crippen LogP contribution in [0.15, 0.2) is 12.2 Å². The number of rotatable bonds is 5. The molecular weight excluding hydrogens is 274 g/mol. The molecule has 0 aromatic carbocycles. The first-order chi connectivity index (χ1) is 9.70. The SMILES string of the molecule is C=C(COCC1CCCCN1C(=O)OC(C)(C)C)C(=O)O. The van der Waals surface area contributed by atoms with Crippen molar-refractivity contribution in [3.63, 3.8) is 0 Å². The van der Waals surface area contributed by atoms with E-state index in [1.807, 2.05) is 20.8 Å². The number of hydrogen-bond acceptors (Lipinski definition) is 4. The van der Waals surface area contributed by atoms with Crippen LogP contribution in [0.5, 0.6) is 0 Å². The van der Waals surface area contributed by atoms with Gasteiger partial charge < -0.3 is 19.5 Å². The minimum absolute atomic E-state index is 0.00891. The number of carbonyl (C=O) groups excluding carboxylic acids is 1. The summed E-state index contributed by atoms with van der Waals surface area (Å²) in [6.07, 6.45) is 2.46. The van der Waals surface area contributed by atoms with Crippen molar-refractivity contribution >= 4 is 12.1 Å². The number of nitrogens with zero attached hydrogens (tertiary/aromatic N) is 1. The van der Waals surface area contributed by atoms with Gasteiger partial charge in [-0.1, -0.05) is 6.58 Å². The third-order valence-corrected chi connectivity index (χ3v) is 3.14. The quantitative estimate of drug-likeness (QED) is 0.789. The molecule has 0 saturated carbocycles. The molecule has 1 amide bonds. The van der Waals surface area contributed by atoms with Crippen LogP contribution in [0.4, 0.5) is 4.79 Å². The molecule has 1 unspecified atom stereocenters. The minimum atomic E-state index is -1.07. The molecule has 1 atom stereocenters. The number of hydrogen-bond donors (Lipinski definition) is 1. The van der Waals surface area contributed by atoms with Crippen LogP contribution in [0, 0.1) is 0 Å². The molecule has 1 aliphatic rings. The molecule has 120 valence electrons. The van der Waals surface area contributed by atoms with Crippen LogP contribution < -0.4 is 0 Å². The lowest BCUT2D eigenvalue weighted by molar-refractivity contribution is -0.133. The Labute approximate surface area is 125 Å². The average Bonchev–Trinajstić information content (AvgIpc) is 2.37. The van der Waals surface area contributed by atoms with Crippen LogP contribution in [0.1, 0.15) is 40.0 Å². The summed E-state index contributed by atoms with van der Waals surface area (Å²) in [5.41, 5.74) is -0.521. The first-order valence-corrected chi connectivity index (χ1v) is 7.19. The van der Waals surface area contributed by atoms with Gasteiger partial charge in [0.15, 0.2) is 0 Å². The summed E-state index contributed by atoms with van der Waals surface area (Å²) in [5.74, 6) is -1.07. The van der Waals surface area contributed by atoms with Gasteiger partial charge in [0.25, 0.3) is 0 Å². The van der Waals surface area contributed by atoms with Gasteiger partial charge in [-0.2, -0.15) is 0 Å². The Morgan fingerprint density at radius 3 is 2.57 bits per heavy atom. The van der Waals surface area contributed by atoms with E-state index in [4.69, 9.17) is 14.6 Å². The fourth-order valence-corrected chi connectivity index (χ4v) is 2.11. The lowest BCUT2D eigenvalue weighted by atomic mass is 10.0. The summed E-state index contributed by atoms with van der Waals surface area (Å²) >= 11 is 0. The van der Waals surface area contributed by atoms with E-state index in [-0.39, 0.29) is 24.3 Å². The van der Waals surface area contributed by atoms with E-state index in [1.165, 1.54) is 0 Å². The van der Waals surface area contributed by atoms with Crippen LogP contribution in [-0.4, -0.2) is 53.5 Å². The number of ether oxygens (including phenoxy) is 2. The standard InChI is InChI=1S/C15H25NO5/c1-11(13(17)18)9-20-10-12-7-5-6-8-16(12)14(19)21-15(2,3)4/h12H,1,5-10H2,2-4H3,(H,17,18).